The van der Waals surface area contributed by atoms with Crippen LogP contribution < -0.4 is 11.1 Å². The fourth-order valence-electron chi connectivity index (χ4n) is 0.266. The Morgan fingerprint density at radius 1 is 1.86 bits per heavy atom. The monoisotopic (exact) mass is 120 g/mol. The van der Waals surface area contributed by atoms with Gasteiger partial charge in [0.05, 0.1) is 0 Å². The molecule has 0 rings (SSSR count). The summed E-state index contributed by atoms with van der Waals surface area (Å²) in [5.41, 5.74) is 5.16. The van der Waals surface area contributed by atoms with Gasteiger partial charge in [0, 0.05) is 18.5 Å². The number of hydrogen-bond acceptors (Lipinski definition) is 3. The summed E-state index contributed by atoms with van der Waals surface area (Å²) >= 11 is 4.03. The Morgan fingerprint density at radius 2 is 2.43 bits per heavy atom. The van der Waals surface area contributed by atoms with E-state index in [1.54, 1.807) is 0 Å². The van der Waals surface area contributed by atoms with Crippen LogP contribution in [0.3, 0.4) is 0 Å². The van der Waals surface area contributed by atoms with Gasteiger partial charge < -0.3 is 11.1 Å². The van der Waals surface area contributed by atoms with Gasteiger partial charge in [-0.05, 0) is 6.92 Å². The third-order valence-electron chi connectivity index (χ3n) is 0.740. The van der Waals surface area contributed by atoms with Crippen molar-refractivity contribution in [3.63, 3.8) is 0 Å². The lowest BCUT2D eigenvalue weighted by Crippen LogP contribution is -2.32. The molecule has 0 aliphatic rings. The lowest BCUT2D eigenvalue weighted by atomic mass is 10.4. The molecule has 0 aromatic heterocycles. The molecule has 0 radical (unpaired) electrons. The molecule has 0 spiro atoms. The molecule has 1 unspecified atom stereocenters. The Balaban J connectivity index is 2.83. The molecule has 0 aliphatic heterocycles. The highest BCUT2D eigenvalue weighted by Gasteiger charge is 1.91. The van der Waals surface area contributed by atoms with Gasteiger partial charge in [-0.2, -0.15) is 12.6 Å². The molecule has 0 bridgehead atoms. The van der Waals surface area contributed by atoms with Crippen LogP contribution in [0.1, 0.15) is 6.92 Å². The van der Waals surface area contributed by atoms with Gasteiger partial charge in [0.25, 0.3) is 0 Å². The molecule has 0 aliphatic carbocycles. The van der Waals surface area contributed by atoms with E-state index < -0.39 is 0 Å². The maximum Gasteiger partial charge on any atom is 0.0431 e. The number of nitrogens with one attached hydrogen (secondary N) is 1. The van der Waals surface area contributed by atoms with Gasteiger partial charge in [-0.15, -0.1) is 0 Å². The van der Waals surface area contributed by atoms with Crippen molar-refractivity contribution in [2.75, 3.05) is 12.4 Å². The van der Waals surface area contributed by atoms with Crippen molar-refractivity contribution >= 4 is 12.6 Å². The van der Waals surface area contributed by atoms with Crippen LogP contribution in [0.2, 0.25) is 0 Å². The zero-order valence-corrected chi connectivity index (χ0v) is 5.41. The predicted octanol–water partition coefficient (Wildman–Crippen LogP) is -0.190. The first-order valence-electron chi connectivity index (χ1n) is 2.35. The van der Waals surface area contributed by atoms with Gasteiger partial charge in [0.2, 0.25) is 0 Å². The third-order valence-corrected chi connectivity index (χ3v) is 1.29. The van der Waals surface area contributed by atoms with Gasteiger partial charge in [0.15, 0.2) is 0 Å². The minimum atomic E-state index is 0.438. The predicted molar refractivity (Wildman–Crippen MR) is 35.5 cm³/mol. The van der Waals surface area contributed by atoms with E-state index in [4.69, 9.17) is 5.73 Å². The van der Waals surface area contributed by atoms with Crippen molar-refractivity contribution in [1.29, 1.82) is 0 Å². The average Bonchev–Trinajstić information content (AvgIpc) is 1.68. The Kier molecular flexibility index (Phi) is 4.60. The van der Waals surface area contributed by atoms with Crippen LogP contribution in [-0.4, -0.2) is 18.5 Å². The molecule has 44 valence electrons. The Labute approximate surface area is 49.9 Å². The molecule has 0 aromatic carbocycles. The summed E-state index contributed by atoms with van der Waals surface area (Å²) in [5, 5.41) is 3.00. The van der Waals surface area contributed by atoms with E-state index in [1.165, 1.54) is 0 Å². The molecule has 0 saturated heterocycles. The van der Waals surface area contributed by atoms with Crippen molar-refractivity contribution < 1.29 is 0 Å². The SMILES string of the molecule is CC(CS)NCN. The molecule has 3 heteroatoms. The number of nitrogens with two attached hydrogens (primary N) is 1. The van der Waals surface area contributed by atoms with E-state index in [1.807, 2.05) is 6.92 Å². The summed E-state index contributed by atoms with van der Waals surface area (Å²) in [6, 6.07) is 0.438. The summed E-state index contributed by atoms with van der Waals surface area (Å²) in [4.78, 5) is 0. The smallest absolute Gasteiger partial charge is 0.0431 e. The van der Waals surface area contributed by atoms with Crippen LogP contribution >= 0.6 is 12.6 Å². The van der Waals surface area contributed by atoms with Crippen molar-refractivity contribution in [2.24, 2.45) is 5.73 Å². The van der Waals surface area contributed by atoms with Gasteiger partial charge in [-0.3, -0.25) is 0 Å². The highest BCUT2D eigenvalue weighted by atomic mass is 32.1. The Hall–Kier alpha value is 0.270. The molecular formula is C4H12N2S. The molecule has 7 heavy (non-hydrogen) atoms. The van der Waals surface area contributed by atoms with Crippen LogP contribution in [0.25, 0.3) is 0 Å². The Morgan fingerprint density at radius 3 is 2.57 bits per heavy atom. The van der Waals surface area contributed by atoms with Crippen LogP contribution in [-0.2, 0) is 0 Å². The summed E-state index contributed by atoms with van der Waals surface area (Å²) in [6.07, 6.45) is 0. The second-order valence-electron chi connectivity index (χ2n) is 1.49. The second-order valence-corrected chi connectivity index (χ2v) is 1.86. The maximum atomic E-state index is 5.16. The summed E-state index contributed by atoms with van der Waals surface area (Å²) in [5.74, 6) is 0.844. The van der Waals surface area contributed by atoms with E-state index in [9.17, 15) is 0 Å². The van der Waals surface area contributed by atoms with Crippen molar-refractivity contribution in [1.82, 2.24) is 5.32 Å². The van der Waals surface area contributed by atoms with Gasteiger partial charge in [0.1, 0.15) is 0 Å². The molecule has 3 N–H and O–H groups in total. The first-order chi connectivity index (χ1) is 3.31. The minimum absolute atomic E-state index is 0.438. The van der Waals surface area contributed by atoms with E-state index in [0.29, 0.717) is 12.7 Å². The summed E-state index contributed by atoms with van der Waals surface area (Å²) in [7, 11) is 0. The lowest BCUT2D eigenvalue weighted by molar-refractivity contribution is 0.610. The molecule has 2 nitrogen and oxygen atoms in total. The van der Waals surface area contributed by atoms with Gasteiger partial charge in [-0.25, -0.2) is 0 Å². The zero-order valence-electron chi connectivity index (χ0n) is 4.52. The van der Waals surface area contributed by atoms with E-state index in [2.05, 4.69) is 17.9 Å². The largest absolute Gasteiger partial charge is 0.318 e. The second kappa shape index (κ2) is 4.43. The molecule has 0 saturated carbocycles. The molecular weight excluding hydrogens is 108 g/mol. The standard InChI is InChI=1S/C4H12N2S/c1-4(2-7)6-3-5/h4,6-7H,2-3,5H2,1H3. The molecule has 0 fully saturated rings. The first kappa shape index (κ1) is 7.27. The maximum absolute atomic E-state index is 5.16. The molecule has 0 heterocycles. The van der Waals surface area contributed by atoms with E-state index in [0.717, 1.165) is 5.75 Å². The van der Waals surface area contributed by atoms with Gasteiger partial charge in [-0.1, -0.05) is 0 Å². The molecule has 1 atom stereocenters. The normalized spacial score (nSPS) is 14.1. The quantitative estimate of drug-likeness (QED) is 0.357. The van der Waals surface area contributed by atoms with Crippen LogP contribution in [0, 0.1) is 0 Å². The van der Waals surface area contributed by atoms with Crippen molar-refractivity contribution in [2.45, 2.75) is 13.0 Å². The highest BCUT2D eigenvalue weighted by Crippen LogP contribution is 1.80. The van der Waals surface area contributed by atoms with E-state index in [-0.39, 0.29) is 0 Å². The van der Waals surface area contributed by atoms with Crippen LogP contribution in [0.4, 0.5) is 0 Å². The Bertz CT molecular complexity index is 40.7. The van der Waals surface area contributed by atoms with Crippen molar-refractivity contribution in [3.8, 4) is 0 Å². The number of thiol groups is 1. The number of rotatable bonds is 3. The first-order valence-corrected chi connectivity index (χ1v) is 2.98. The highest BCUT2D eigenvalue weighted by molar-refractivity contribution is 7.80. The topological polar surface area (TPSA) is 38.0 Å². The fourth-order valence-corrected chi connectivity index (χ4v) is 0.395. The third kappa shape index (κ3) is 4.12. The van der Waals surface area contributed by atoms with Crippen LogP contribution in [0.15, 0.2) is 0 Å². The molecule has 0 aromatic rings. The number of hydrogen-bond donors (Lipinski definition) is 3. The summed E-state index contributed by atoms with van der Waals surface area (Å²) < 4.78 is 0. The zero-order chi connectivity index (χ0) is 5.70. The van der Waals surface area contributed by atoms with Crippen molar-refractivity contribution in [3.05, 3.63) is 0 Å². The average molecular weight is 120 g/mol. The van der Waals surface area contributed by atoms with Crippen LogP contribution in [0.5, 0.6) is 0 Å². The van der Waals surface area contributed by atoms with Gasteiger partial charge >= 0.3 is 0 Å². The van der Waals surface area contributed by atoms with E-state index >= 15 is 0 Å². The lowest BCUT2D eigenvalue weighted by Gasteiger charge is -2.05. The summed E-state index contributed by atoms with van der Waals surface area (Å²) in [6.45, 7) is 2.58. The fraction of sp³-hybridized carbons (Fsp3) is 1.00. The minimum Gasteiger partial charge on any atom is -0.318 e. The molecule has 0 amide bonds.